The molecule has 0 unspecified atom stereocenters. The predicted molar refractivity (Wildman–Crippen MR) is 64.0 cm³/mol. The number of benzene rings is 1. The van der Waals surface area contributed by atoms with Crippen molar-refractivity contribution >= 4 is 11.6 Å². The van der Waals surface area contributed by atoms with Crippen LogP contribution < -0.4 is 10.1 Å². The third-order valence-electron chi connectivity index (χ3n) is 3.05. The van der Waals surface area contributed by atoms with Crippen molar-refractivity contribution in [2.24, 2.45) is 0 Å². The molecule has 0 heterocycles. The second kappa shape index (κ2) is 5.38. The normalized spacial score (nSPS) is 16.9. The van der Waals surface area contributed by atoms with Crippen LogP contribution >= 0.6 is 11.6 Å². The molecule has 100 valence electrons. The van der Waals surface area contributed by atoms with Crippen molar-refractivity contribution in [1.82, 2.24) is 5.32 Å². The van der Waals surface area contributed by atoms with Crippen LogP contribution in [0.4, 0.5) is 8.78 Å². The van der Waals surface area contributed by atoms with Crippen LogP contribution in [0.2, 0.25) is 5.02 Å². The molecular weight excluding hydrogens is 264 g/mol. The van der Waals surface area contributed by atoms with Gasteiger partial charge in [0.15, 0.2) is 0 Å². The molecule has 0 saturated heterocycles. The van der Waals surface area contributed by atoms with Crippen molar-refractivity contribution in [2.45, 2.75) is 31.5 Å². The van der Waals surface area contributed by atoms with E-state index in [1.54, 1.807) is 6.07 Å². The summed E-state index contributed by atoms with van der Waals surface area (Å²) in [6, 6.07) is 4.51. The Balaban J connectivity index is 2.07. The van der Waals surface area contributed by atoms with Gasteiger partial charge >= 0.3 is 6.61 Å². The van der Waals surface area contributed by atoms with Crippen LogP contribution in [0.1, 0.15) is 18.4 Å². The minimum absolute atomic E-state index is 0.0403. The van der Waals surface area contributed by atoms with E-state index in [0.717, 1.165) is 12.8 Å². The Hall–Kier alpha value is -0.910. The number of halogens is 3. The van der Waals surface area contributed by atoms with Gasteiger partial charge in [0.05, 0.1) is 6.61 Å². The molecule has 1 aliphatic rings. The van der Waals surface area contributed by atoms with Crippen LogP contribution in [-0.2, 0) is 6.54 Å². The molecule has 0 spiro atoms. The van der Waals surface area contributed by atoms with Gasteiger partial charge in [-0.1, -0.05) is 11.6 Å². The Bertz CT molecular complexity index is 425. The Morgan fingerprint density at radius 2 is 2.17 bits per heavy atom. The summed E-state index contributed by atoms with van der Waals surface area (Å²) in [6.07, 6.45) is 1.77. The molecule has 1 aromatic carbocycles. The molecule has 1 saturated carbocycles. The van der Waals surface area contributed by atoms with E-state index in [2.05, 4.69) is 10.1 Å². The van der Waals surface area contributed by atoms with Gasteiger partial charge in [0.2, 0.25) is 0 Å². The summed E-state index contributed by atoms with van der Waals surface area (Å²) < 4.78 is 28.9. The van der Waals surface area contributed by atoms with Gasteiger partial charge in [-0.3, -0.25) is 0 Å². The largest absolute Gasteiger partial charge is 0.434 e. The van der Waals surface area contributed by atoms with Crippen molar-refractivity contribution in [3.8, 4) is 5.75 Å². The fraction of sp³-hybridized carbons (Fsp3) is 0.500. The summed E-state index contributed by atoms with van der Waals surface area (Å²) in [4.78, 5) is 0. The molecular formula is C12H14ClF2NO2. The molecule has 2 N–H and O–H groups in total. The van der Waals surface area contributed by atoms with E-state index < -0.39 is 6.61 Å². The third kappa shape index (κ3) is 3.31. The van der Waals surface area contributed by atoms with Crippen LogP contribution in [0.3, 0.4) is 0 Å². The minimum Gasteiger partial charge on any atom is -0.434 e. The van der Waals surface area contributed by atoms with Crippen molar-refractivity contribution in [1.29, 1.82) is 0 Å². The average molecular weight is 278 g/mol. The van der Waals surface area contributed by atoms with Crippen LogP contribution in [0.5, 0.6) is 5.75 Å². The van der Waals surface area contributed by atoms with Gasteiger partial charge in [-0.15, -0.1) is 0 Å². The highest BCUT2D eigenvalue weighted by molar-refractivity contribution is 6.30. The standard InChI is InChI=1S/C12H14ClF2NO2/c13-9-1-2-10(18-11(14)15)8(5-9)6-16-12(7-17)3-4-12/h1-2,5,11,16-17H,3-4,6-7H2. The number of alkyl halides is 2. The lowest BCUT2D eigenvalue weighted by Gasteiger charge is -2.16. The molecule has 2 rings (SSSR count). The molecule has 0 amide bonds. The lowest BCUT2D eigenvalue weighted by Crippen LogP contribution is -2.34. The van der Waals surface area contributed by atoms with Crippen LogP contribution in [0.25, 0.3) is 0 Å². The number of nitrogens with one attached hydrogen (secondary N) is 1. The second-order valence-corrected chi connectivity index (χ2v) is 4.86. The lowest BCUT2D eigenvalue weighted by molar-refractivity contribution is -0.0505. The van der Waals surface area contributed by atoms with Gasteiger partial charge < -0.3 is 15.2 Å². The predicted octanol–water partition coefficient (Wildman–Crippen LogP) is 2.56. The van der Waals surface area contributed by atoms with E-state index in [1.165, 1.54) is 12.1 Å². The topological polar surface area (TPSA) is 41.5 Å². The summed E-state index contributed by atoms with van der Waals surface area (Å²) >= 11 is 5.83. The SMILES string of the molecule is OCC1(NCc2cc(Cl)ccc2OC(F)F)CC1. The Kier molecular flexibility index (Phi) is 4.04. The number of hydrogen-bond acceptors (Lipinski definition) is 3. The molecule has 18 heavy (non-hydrogen) atoms. The lowest BCUT2D eigenvalue weighted by atomic mass is 10.2. The highest BCUT2D eigenvalue weighted by Gasteiger charge is 2.41. The molecule has 0 aliphatic heterocycles. The first-order valence-electron chi connectivity index (χ1n) is 5.64. The van der Waals surface area contributed by atoms with Gasteiger partial charge in [-0.05, 0) is 31.0 Å². The zero-order chi connectivity index (χ0) is 13.2. The summed E-state index contributed by atoms with van der Waals surface area (Å²) in [6.45, 7) is -2.49. The van der Waals surface area contributed by atoms with Crippen LogP contribution in [-0.4, -0.2) is 23.9 Å². The molecule has 1 fully saturated rings. The summed E-state index contributed by atoms with van der Waals surface area (Å²) in [7, 11) is 0. The van der Waals surface area contributed by atoms with E-state index in [-0.39, 0.29) is 17.9 Å². The number of aliphatic hydroxyl groups excluding tert-OH is 1. The van der Waals surface area contributed by atoms with Gasteiger partial charge in [0.1, 0.15) is 5.75 Å². The van der Waals surface area contributed by atoms with Crippen molar-refractivity contribution in [3.05, 3.63) is 28.8 Å². The summed E-state index contributed by atoms with van der Waals surface area (Å²) in [5.74, 6) is 0.107. The molecule has 0 bridgehead atoms. The maximum Gasteiger partial charge on any atom is 0.387 e. The zero-order valence-corrected chi connectivity index (χ0v) is 10.4. The van der Waals surface area contributed by atoms with Crippen molar-refractivity contribution in [2.75, 3.05) is 6.61 Å². The van der Waals surface area contributed by atoms with E-state index >= 15 is 0 Å². The Morgan fingerprint density at radius 1 is 1.44 bits per heavy atom. The van der Waals surface area contributed by atoms with Gasteiger partial charge in [-0.25, -0.2) is 0 Å². The molecule has 0 atom stereocenters. The first-order valence-corrected chi connectivity index (χ1v) is 6.02. The van der Waals surface area contributed by atoms with Crippen molar-refractivity contribution in [3.63, 3.8) is 0 Å². The van der Waals surface area contributed by atoms with Gasteiger partial charge in [-0.2, -0.15) is 8.78 Å². The number of rotatable bonds is 6. The smallest absolute Gasteiger partial charge is 0.387 e. The number of hydrogen-bond donors (Lipinski definition) is 2. The molecule has 3 nitrogen and oxygen atoms in total. The molecule has 1 aromatic rings. The minimum atomic E-state index is -2.86. The highest BCUT2D eigenvalue weighted by atomic mass is 35.5. The van der Waals surface area contributed by atoms with Crippen molar-refractivity contribution < 1.29 is 18.6 Å². The Morgan fingerprint density at radius 3 is 2.72 bits per heavy atom. The van der Waals surface area contributed by atoms with E-state index in [9.17, 15) is 8.78 Å². The molecule has 0 radical (unpaired) electrons. The maximum atomic E-state index is 12.2. The summed E-state index contributed by atoms with van der Waals surface area (Å²) in [5, 5.41) is 12.8. The van der Waals surface area contributed by atoms with E-state index in [0.29, 0.717) is 17.1 Å². The average Bonchev–Trinajstić information content (AvgIpc) is 3.10. The number of aliphatic hydroxyl groups is 1. The van der Waals surface area contributed by atoms with Crippen LogP contribution in [0, 0.1) is 0 Å². The molecule has 1 aliphatic carbocycles. The molecule has 6 heteroatoms. The first kappa shape index (κ1) is 13.5. The van der Waals surface area contributed by atoms with Crippen LogP contribution in [0.15, 0.2) is 18.2 Å². The zero-order valence-electron chi connectivity index (χ0n) is 9.63. The van der Waals surface area contributed by atoms with E-state index in [4.69, 9.17) is 16.7 Å². The third-order valence-corrected chi connectivity index (χ3v) is 3.28. The molecule has 0 aromatic heterocycles. The number of ether oxygens (including phenoxy) is 1. The van der Waals surface area contributed by atoms with Gasteiger partial charge in [0, 0.05) is 22.7 Å². The van der Waals surface area contributed by atoms with Gasteiger partial charge in [0.25, 0.3) is 0 Å². The quantitative estimate of drug-likeness (QED) is 0.840. The Labute approximate surface area is 109 Å². The second-order valence-electron chi connectivity index (χ2n) is 4.42. The monoisotopic (exact) mass is 277 g/mol. The maximum absolute atomic E-state index is 12.2. The fourth-order valence-electron chi connectivity index (χ4n) is 1.72. The fourth-order valence-corrected chi connectivity index (χ4v) is 1.92. The summed E-state index contributed by atoms with van der Waals surface area (Å²) in [5.41, 5.74) is 0.298. The highest BCUT2D eigenvalue weighted by Crippen LogP contribution is 2.35. The first-order chi connectivity index (χ1) is 8.54. The van der Waals surface area contributed by atoms with E-state index in [1.807, 2.05) is 0 Å².